The Morgan fingerprint density at radius 2 is 2.24 bits per heavy atom. The normalized spacial score (nSPS) is 33.9. The standard InChI is InChI=1S/C13H19F2N3O3/c1-7(2)16-10-4-5-18(8(3)17-10)12-13(14,15)11(20)9(6-19)21-12/h4-5,7,9,11-12,19-20H,3,6H2,1-2H3,(H,16,17)/t9-,11?,12-/m1/s1. The highest BCUT2D eigenvalue weighted by Gasteiger charge is 2.60. The molecule has 2 aliphatic rings. The summed E-state index contributed by atoms with van der Waals surface area (Å²) in [6, 6.07) is 0.0428. The Morgan fingerprint density at radius 1 is 1.57 bits per heavy atom. The number of nitrogens with zero attached hydrogens (tertiary/aromatic N) is 2. The van der Waals surface area contributed by atoms with Crippen LogP contribution in [-0.2, 0) is 4.74 Å². The molecule has 8 heteroatoms. The van der Waals surface area contributed by atoms with E-state index in [1.807, 2.05) is 13.8 Å². The second-order valence-corrected chi connectivity index (χ2v) is 5.23. The largest absolute Gasteiger partial charge is 0.394 e. The molecule has 0 amide bonds. The molecule has 21 heavy (non-hydrogen) atoms. The van der Waals surface area contributed by atoms with E-state index in [1.165, 1.54) is 12.3 Å². The summed E-state index contributed by atoms with van der Waals surface area (Å²) in [7, 11) is 0. The summed E-state index contributed by atoms with van der Waals surface area (Å²) < 4.78 is 33.1. The van der Waals surface area contributed by atoms with Crippen molar-refractivity contribution in [2.24, 2.45) is 4.99 Å². The fourth-order valence-electron chi connectivity index (χ4n) is 2.19. The highest BCUT2D eigenvalue weighted by Crippen LogP contribution is 2.39. The van der Waals surface area contributed by atoms with Crippen molar-refractivity contribution in [1.82, 2.24) is 10.2 Å². The van der Waals surface area contributed by atoms with E-state index in [2.05, 4.69) is 16.9 Å². The van der Waals surface area contributed by atoms with Gasteiger partial charge in [-0.3, -0.25) is 4.99 Å². The molecule has 2 aliphatic heterocycles. The molecule has 3 N–H and O–H groups in total. The Kier molecular flexibility index (Phi) is 4.31. The molecule has 0 saturated carbocycles. The van der Waals surface area contributed by atoms with Crippen molar-refractivity contribution in [3.63, 3.8) is 0 Å². The van der Waals surface area contributed by atoms with Crippen LogP contribution in [0.4, 0.5) is 8.78 Å². The lowest BCUT2D eigenvalue weighted by atomic mass is 10.1. The number of aliphatic imine (C=N–C) groups is 1. The van der Waals surface area contributed by atoms with Gasteiger partial charge in [0.05, 0.1) is 6.61 Å². The first-order valence-corrected chi connectivity index (χ1v) is 6.59. The SMILES string of the molecule is C=C1NC(=NC(C)C)C=CN1[C@@H]1O[C@H](CO)C(O)C1(F)F. The molecule has 0 radical (unpaired) electrons. The van der Waals surface area contributed by atoms with Crippen molar-refractivity contribution in [2.45, 2.75) is 44.2 Å². The first kappa shape index (κ1) is 15.9. The zero-order valence-electron chi connectivity index (χ0n) is 11.8. The van der Waals surface area contributed by atoms with Gasteiger partial charge in [0.2, 0.25) is 6.23 Å². The van der Waals surface area contributed by atoms with E-state index in [4.69, 9.17) is 9.84 Å². The number of rotatable bonds is 3. The third-order valence-corrected chi connectivity index (χ3v) is 3.19. The molecule has 1 saturated heterocycles. The summed E-state index contributed by atoms with van der Waals surface area (Å²) in [6.07, 6.45) is -2.25. The van der Waals surface area contributed by atoms with Gasteiger partial charge in [-0.25, -0.2) is 0 Å². The van der Waals surface area contributed by atoms with Crippen molar-refractivity contribution >= 4 is 5.84 Å². The van der Waals surface area contributed by atoms with Crippen LogP contribution in [0.15, 0.2) is 29.7 Å². The van der Waals surface area contributed by atoms with Crippen LogP contribution in [0.2, 0.25) is 0 Å². The van der Waals surface area contributed by atoms with Gasteiger partial charge in [0.1, 0.15) is 17.8 Å². The van der Waals surface area contributed by atoms with E-state index >= 15 is 0 Å². The van der Waals surface area contributed by atoms with Crippen LogP contribution in [0.1, 0.15) is 13.8 Å². The summed E-state index contributed by atoms with van der Waals surface area (Å²) in [5.41, 5.74) is 0. The van der Waals surface area contributed by atoms with E-state index in [9.17, 15) is 13.9 Å². The van der Waals surface area contributed by atoms with Crippen LogP contribution < -0.4 is 5.32 Å². The van der Waals surface area contributed by atoms with Gasteiger partial charge in [-0.05, 0) is 19.9 Å². The number of hydrogen-bond acceptors (Lipinski definition) is 5. The summed E-state index contributed by atoms with van der Waals surface area (Å²) in [5.74, 6) is -2.87. The Bertz CT molecular complexity index is 479. The molecule has 0 bridgehead atoms. The van der Waals surface area contributed by atoms with Gasteiger partial charge >= 0.3 is 5.92 Å². The van der Waals surface area contributed by atoms with Crippen molar-refractivity contribution in [1.29, 1.82) is 0 Å². The first-order chi connectivity index (χ1) is 9.77. The van der Waals surface area contributed by atoms with Crippen LogP contribution >= 0.6 is 0 Å². The number of aliphatic hydroxyl groups excluding tert-OH is 2. The monoisotopic (exact) mass is 303 g/mol. The number of nitrogens with one attached hydrogen (secondary N) is 1. The minimum atomic E-state index is -3.53. The Hall–Kier alpha value is -1.51. The summed E-state index contributed by atoms with van der Waals surface area (Å²) in [6.45, 7) is 6.74. The van der Waals surface area contributed by atoms with E-state index in [1.54, 1.807) is 0 Å². The van der Waals surface area contributed by atoms with Gasteiger partial charge in [-0.15, -0.1) is 0 Å². The third-order valence-electron chi connectivity index (χ3n) is 3.19. The van der Waals surface area contributed by atoms with E-state index in [0.717, 1.165) is 4.90 Å². The number of hydrogen-bond donors (Lipinski definition) is 3. The van der Waals surface area contributed by atoms with Gasteiger partial charge in [0.25, 0.3) is 0 Å². The molecule has 0 aromatic heterocycles. The number of aliphatic hydroxyl groups is 2. The van der Waals surface area contributed by atoms with Crippen LogP contribution in [0.25, 0.3) is 0 Å². The fourth-order valence-corrected chi connectivity index (χ4v) is 2.19. The van der Waals surface area contributed by atoms with E-state index < -0.39 is 31.0 Å². The van der Waals surface area contributed by atoms with Crippen LogP contribution in [0.3, 0.4) is 0 Å². The molecule has 0 aromatic carbocycles. The Labute approximate surface area is 121 Å². The molecule has 1 unspecified atom stereocenters. The summed E-state index contributed by atoms with van der Waals surface area (Å²) in [5, 5.41) is 21.3. The number of halogens is 2. The smallest absolute Gasteiger partial charge is 0.320 e. The third kappa shape index (κ3) is 2.92. The molecule has 6 nitrogen and oxygen atoms in total. The topological polar surface area (TPSA) is 77.3 Å². The highest BCUT2D eigenvalue weighted by molar-refractivity contribution is 5.95. The lowest BCUT2D eigenvalue weighted by molar-refractivity contribution is -0.149. The molecular weight excluding hydrogens is 284 g/mol. The maximum atomic E-state index is 14.0. The lowest BCUT2D eigenvalue weighted by Gasteiger charge is -2.34. The minimum Gasteiger partial charge on any atom is -0.394 e. The van der Waals surface area contributed by atoms with Gasteiger partial charge < -0.3 is 25.2 Å². The van der Waals surface area contributed by atoms with Crippen molar-refractivity contribution in [3.05, 3.63) is 24.7 Å². The molecule has 0 aliphatic carbocycles. The zero-order chi connectivity index (χ0) is 15.8. The van der Waals surface area contributed by atoms with Crippen molar-refractivity contribution in [3.8, 4) is 0 Å². The molecule has 0 aromatic rings. The van der Waals surface area contributed by atoms with Crippen LogP contribution in [0.5, 0.6) is 0 Å². The highest BCUT2D eigenvalue weighted by atomic mass is 19.3. The predicted octanol–water partition coefficient (Wildman–Crippen LogP) is 0.397. The van der Waals surface area contributed by atoms with Gasteiger partial charge in [-0.2, -0.15) is 8.78 Å². The van der Waals surface area contributed by atoms with Gasteiger partial charge in [-0.1, -0.05) is 6.58 Å². The van der Waals surface area contributed by atoms with Gasteiger partial charge in [0, 0.05) is 12.2 Å². The lowest BCUT2D eigenvalue weighted by Crippen LogP contribution is -2.50. The molecule has 2 rings (SSSR count). The molecule has 1 fully saturated rings. The van der Waals surface area contributed by atoms with Crippen LogP contribution in [0, 0.1) is 0 Å². The molecule has 0 spiro atoms. The molecule has 118 valence electrons. The summed E-state index contributed by atoms with van der Waals surface area (Å²) in [4.78, 5) is 5.33. The van der Waals surface area contributed by atoms with Crippen molar-refractivity contribution in [2.75, 3.05) is 6.61 Å². The quantitative estimate of drug-likeness (QED) is 0.703. The number of alkyl halides is 2. The molecular formula is C13H19F2N3O3. The minimum absolute atomic E-state index is 0.0428. The average Bonchev–Trinajstić information content (AvgIpc) is 2.61. The summed E-state index contributed by atoms with van der Waals surface area (Å²) >= 11 is 0. The average molecular weight is 303 g/mol. The zero-order valence-corrected chi connectivity index (χ0v) is 11.8. The second kappa shape index (κ2) is 5.70. The Balaban J connectivity index is 2.22. The van der Waals surface area contributed by atoms with Crippen molar-refractivity contribution < 1.29 is 23.7 Å². The predicted molar refractivity (Wildman–Crippen MR) is 72.5 cm³/mol. The first-order valence-electron chi connectivity index (χ1n) is 6.59. The van der Waals surface area contributed by atoms with E-state index in [0.29, 0.717) is 5.84 Å². The maximum Gasteiger partial charge on any atom is 0.320 e. The fraction of sp³-hybridized carbons (Fsp3) is 0.615. The molecule has 2 heterocycles. The number of amidine groups is 1. The van der Waals surface area contributed by atoms with E-state index in [-0.39, 0.29) is 11.9 Å². The second-order valence-electron chi connectivity index (χ2n) is 5.23. The van der Waals surface area contributed by atoms with Crippen LogP contribution in [-0.4, -0.2) is 58.0 Å². The Morgan fingerprint density at radius 3 is 2.71 bits per heavy atom. The van der Waals surface area contributed by atoms with Gasteiger partial charge in [0.15, 0.2) is 6.10 Å². The number of ether oxygens (including phenoxy) is 1. The maximum absolute atomic E-state index is 14.0. The molecule has 3 atom stereocenters.